The zero-order valence-corrected chi connectivity index (χ0v) is 11.7. The molecule has 1 saturated heterocycles. The lowest BCUT2D eigenvalue weighted by Crippen LogP contribution is -2.36. The van der Waals surface area contributed by atoms with E-state index in [1.807, 2.05) is 6.07 Å². The molecule has 0 N–H and O–H groups in total. The van der Waals surface area contributed by atoms with Gasteiger partial charge in [-0.05, 0) is 36.4 Å². The first-order chi connectivity index (χ1) is 8.55. The number of nitrogens with zero attached hydrogens (tertiary/aromatic N) is 2. The molecule has 1 aromatic carbocycles. The number of hydrogen-bond donors (Lipinski definition) is 0. The Bertz CT molecular complexity index is 555. The highest BCUT2D eigenvalue weighted by Crippen LogP contribution is 2.26. The Hall–Kier alpha value is -1.03. The Balaban J connectivity index is 2.26. The summed E-state index contributed by atoms with van der Waals surface area (Å²) in [5.41, 5.74) is 0.466. The van der Waals surface area contributed by atoms with Crippen LogP contribution >= 0.6 is 11.8 Å². The largest absolute Gasteiger partial charge is 0.243 e. The van der Waals surface area contributed by atoms with Crippen LogP contribution in [0.1, 0.15) is 12.0 Å². The fraction of sp³-hybridized carbons (Fsp3) is 0.417. The van der Waals surface area contributed by atoms with Crippen LogP contribution in [0.2, 0.25) is 0 Å². The molecular formula is C12H14N2O2S2. The van der Waals surface area contributed by atoms with Crippen LogP contribution in [0.3, 0.4) is 0 Å². The summed E-state index contributed by atoms with van der Waals surface area (Å²) in [4.78, 5) is 0.251. The first kappa shape index (κ1) is 13.4. The molecule has 6 heteroatoms. The van der Waals surface area contributed by atoms with Gasteiger partial charge in [0.1, 0.15) is 0 Å². The lowest BCUT2D eigenvalue weighted by atomic mass is 10.2. The lowest BCUT2D eigenvalue weighted by molar-refractivity contribution is 0.394. The molecule has 1 aliphatic rings. The van der Waals surface area contributed by atoms with Crippen molar-refractivity contribution in [3.8, 4) is 6.07 Å². The second-order valence-electron chi connectivity index (χ2n) is 4.17. The summed E-state index contributed by atoms with van der Waals surface area (Å²) < 4.78 is 26.2. The minimum Gasteiger partial charge on any atom is -0.207 e. The number of sulfonamides is 1. The summed E-state index contributed by atoms with van der Waals surface area (Å²) in [6.07, 6.45) is 0.899. The van der Waals surface area contributed by atoms with E-state index in [1.165, 1.54) is 28.6 Å². The third kappa shape index (κ3) is 2.53. The molecule has 0 bridgehead atoms. The number of rotatable bonds is 3. The van der Waals surface area contributed by atoms with Crippen LogP contribution < -0.4 is 0 Å². The fourth-order valence-corrected chi connectivity index (χ4v) is 4.62. The third-order valence-electron chi connectivity index (χ3n) is 3.08. The number of thioether (sulfide) groups is 1. The molecule has 4 nitrogen and oxygen atoms in total. The predicted molar refractivity (Wildman–Crippen MR) is 71.8 cm³/mol. The smallest absolute Gasteiger partial charge is 0.207 e. The van der Waals surface area contributed by atoms with Gasteiger partial charge in [0.25, 0.3) is 0 Å². The van der Waals surface area contributed by atoms with Gasteiger partial charge in [0.15, 0.2) is 0 Å². The minimum absolute atomic E-state index is 0.0793. The molecule has 0 spiro atoms. The molecule has 1 heterocycles. The van der Waals surface area contributed by atoms with E-state index >= 15 is 0 Å². The van der Waals surface area contributed by atoms with Crippen LogP contribution in [-0.2, 0) is 10.0 Å². The zero-order valence-electron chi connectivity index (χ0n) is 10.0. The normalized spacial score (nSPS) is 19.9. The van der Waals surface area contributed by atoms with Gasteiger partial charge in [-0.25, -0.2) is 8.42 Å². The fourth-order valence-electron chi connectivity index (χ4n) is 1.87. The van der Waals surface area contributed by atoms with Gasteiger partial charge in [-0.15, -0.1) is 0 Å². The zero-order chi connectivity index (χ0) is 13.2. The van der Waals surface area contributed by atoms with Crippen molar-refractivity contribution in [2.24, 2.45) is 0 Å². The molecule has 0 saturated carbocycles. The van der Waals surface area contributed by atoms with Crippen LogP contribution in [0.5, 0.6) is 0 Å². The molecular weight excluding hydrogens is 268 g/mol. The molecule has 1 atom stereocenters. The van der Waals surface area contributed by atoms with E-state index in [-0.39, 0.29) is 10.9 Å². The lowest BCUT2D eigenvalue weighted by Gasteiger charge is -2.23. The first-order valence-corrected chi connectivity index (χ1v) is 8.21. The number of nitriles is 1. The van der Waals surface area contributed by atoms with Gasteiger partial charge in [-0.1, -0.05) is 0 Å². The predicted octanol–water partition coefficient (Wildman–Crippen LogP) is 1.68. The van der Waals surface area contributed by atoms with Crippen molar-refractivity contribution in [3.63, 3.8) is 0 Å². The average Bonchev–Trinajstić information content (AvgIpc) is 2.91. The Morgan fingerprint density at radius 3 is 2.56 bits per heavy atom. The second kappa shape index (κ2) is 5.31. The average molecular weight is 282 g/mol. The molecule has 0 aliphatic carbocycles. The molecule has 1 unspecified atom stereocenters. The summed E-state index contributed by atoms with van der Waals surface area (Å²) in [6.45, 7) is 0. The molecule has 1 aliphatic heterocycles. The molecule has 0 radical (unpaired) electrons. The standard InChI is InChI=1S/C12H14N2O2S2/c1-14(11-6-7-17-9-11)18(15,16)12-4-2-10(8-13)3-5-12/h2-5,11H,6-7,9H2,1H3. The molecule has 1 fully saturated rings. The highest BCUT2D eigenvalue weighted by atomic mass is 32.2. The monoisotopic (exact) mass is 282 g/mol. The Morgan fingerprint density at radius 1 is 1.39 bits per heavy atom. The molecule has 0 aromatic heterocycles. The van der Waals surface area contributed by atoms with Gasteiger partial charge in [0.2, 0.25) is 10.0 Å². The highest BCUT2D eigenvalue weighted by molar-refractivity contribution is 7.99. The van der Waals surface area contributed by atoms with Gasteiger partial charge in [0, 0.05) is 18.8 Å². The Labute approximate surface area is 112 Å². The van der Waals surface area contributed by atoms with Crippen molar-refractivity contribution in [1.29, 1.82) is 5.26 Å². The summed E-state index contributed by atoms with van der Waals surface area (Å²) in [6, 6.07) is 8.11. The molecule has 96 valence electrons. The summed E-state index contributed by atoms with van der Waals surface area (Å²) in [5, 5.41) is 8.70. The highest BCUT2D eigenvalue weighted by Gasteiger charge is 2.30. The molecule has 18 heavy (non-hydrogen) atoms. The Morgan fingerprint density at radius 2 is 2.06 bits per heavy atom. The minimum atomic E-state index is -3.44. The van der Waals surface area contributed by atoms with E-state index < -0.39 is 10.0 Å². The molecule has 1 aromatic rings. The van der Waals surface area contributed by atoms with E-state index in [9.17, 15) is 8.42 Å². The van der Waals surface area contributed by atoms with Gasteiger partial charge < -0.3 is 0 Å². The number of benzene rings is 1. The van der Waals surface area contributed by atoms with E-state index in [0.717, 1.165) is 17.9 Å². The van der Waals surface area contributed by atoms with Crippen molar-refractivity contribution in [2.75, 3.05) is 18.6 Å². The molecule has 0 amide bonds. The van der Waals surface area contributed by atoms with Crippen LogP contribution in [-0.4, -0.2) is 37.3 Å². The van der Waals surface area contributed by atoms with Crippen LogP contribution in [0.15, 0.2) is 29.2 Å². The first-order valence-electron chi connectivity index (χ1n) is 5.61. The van der Waals surface area contributed by atoms with Crippen molar-refractivity contribution in [2.45, 2.75) is 17.4 Å². The maximum atomic E-state index is 12.4. The maximum Gasteiger partial charge on any atom is 0.243 e. The molecule has 2 rings (SSSR count). The van der Waals surface area contributed by atoms with Gasteiger partial charge >= 0.3 is 0 Å². The SMILES string of the molecule is CN(C1CCSC1)S(=O)(=O)c1ccc(C#N)cc1. The van der Waals surface area contributed by atoms with Gasteiger partial charge in [-0.2, -0.15) is 21.3 Å². The van der Waals surface area contributed by atoms with Crippen molar-refractivity contribution in [1.82, 2.24) is 4.31 Å². The van der Waals surface area contributed by atoms with Crippen LogP contribution in [0, 0.1) is 11.3 Å². The van der Waals surface area contributed by atoms with E-state index in [4.69, 9.17) is 5.26 Å². The van der Waals surface area contributed by atoms with Crippen molar-refractivity contribution in [3.05, 3.63) is 29.8 Å². The quantitative estimate of drug-likeness (QED) is 0.846. The van der Waals surface area contributed by atoms with Gasteiger partial charge in [-0.3, -0.25) is 0 Å². The summed E-state index contributed by atoms with van der Waals surface area (Å²) in [7, 11) is -1.81. The topological polar surface area (TPSA) is 61.2 Å². The van der Waals surface area contributed by atoms with Gasteiger partial charge in [0.05, 0.1) is 16.5 Å². The van der Waals surface area contributed by atoms with Crippen molar-refractivity contribution < 1.29 is 8.42 Å². The maximum absolute atomic E-state index is 12.4. The van der Waals surface area contributed by atoms with E-state index in [2.05, 4.69) is 0 Å². The van der Waals surface area contributed by atoms with Crippen LogP contribution in [0.4, 0.5) is 0 Å². The second-order valence-corrected chi connectivity index (χ2v) is 7.32. The summed E-state index contributed by atoms with van der Waals surface area (Å²) >= 11 is 1.78. The number of hydrogen-bond acceptors (Lipinski definition) is 4. The third-order valence-corrected chi connectivity index (χ3v) is 6.15. The Kier molecular flexibility index (Phi) is 3.95. The van der Waals surface area contributed by atoms with Crippen molar-refractivity contribution >= 4 is 21.8 Å². The van der Waals surface area contributed by atoms with Crippen LogP contribution in [0.25, 0.3) is 0 Å². The van der Waals surface area contributed by atoms with E-state index in [0.29, 0.717) is 5.56 Å². The summed E-state index contributed by atoms with van der Waals surface area (Å²) in [5.74, 6) is 1.86. The van der Waals surface area contributed by atoms with E-state index in [1.54, 1.807) is 18.8 Å².